The van der Waals surface area contributed by atoms with Crippen LogP contribution in [0.2, 0.25) is 0 Å². The summed E-state index contributed by atoms with van der Waals surface area (Å²) in [7, 11) is -4.39. The molecule has 0 saturated carbocycles. The molecule has 0 saturated heterocycles. The van der Waals surface area contributed by atoms with Gasteiger partial charge in [0, 0.05) is 6.61 Å². The van der Waals surface area contributed by atoms with E-state index in [0.717, 1.165) is 19.3 Å². The SMILES string of the molecule is CCCCCCCOC(C)(c1ccccc1)P(=O)(O)O. The molecule has 0 heterocycles. The van der Waals surface area contributed by atoms with Gasteiger partial charge in [-0.3, -0.25) is 4.57 Å². The van der Waals surface area contributed by atoms with Crippen molar-refractivity contribution in [2.75, 3.05) is 6.61 Å². The summed E-state index contributed by atoms with van der Waals surface area (Å²) in [6.45, 7) is 3.98. The first kappa shape index (κ1) is 17.4. The molecular formula is C15H25O4P. The summed E-state index contributed by atoms with van der Waals surface area (Å²) < 4.78 is 17.4. The van der Waals surface area contributed by atoms with Gasteiger partial charge < -0.3 is 14.5 Å². The zero-order valence-electron chi connectivity index (χ0n) is 12.3. The minimum Gasteiger partial charge on any atom is -0.358 e. The van der Waals surface area contributed by atoms with Crippen molar-refractivity contribution in [3.8, 4) is 0 Å². The molecule has 0 amide bonds. The fraction of sp³-hybridized carbons (Fsp3) is 0.600. The lowest BCUT2D eigenvalue weighted by molar-refractivity contribution is 0.00653. The predicted octanol–water partition coefficient (Wildman–Crippen LogP) is 4.02. The molecule has 0 bridgehead atoms. The molecule has 0 radical (unpaired) electrons. The molecule has 1 aromatic rings. The summed E-state index contributed by atoms with van der Waals surface area (Å²) in [6.07, 6.45) is 5.35. The van der Waals surface area contributed by atoms with Crippen LogP contribution in [0.5, 0.6) is 0 Å². The van der Waals surface area contributed by atoms with E-state index in [4.69, 9.17) is 4.74 Å². The van der Waals surface area contributed by atoms with Gasteiger partial charge in [0.1, 0.15) is 0 Å². The molecule has 2 N–H and O–H groups in total. The number of hydrogen-bond donors (Lipinski definition) is 2. The molecular weight excluding hydrogens is 275 g/mol. The van der Waals surface area contributed by atoms with Crippen LogP contribution in [0, 0.1) is 0 Å². The second-order valence-electron chi connectivity index (χ2n) is 5.16. The molecule has 0 aliphatic heterocycles. The van der Waals surface area contributed by atoms with E-state index in [1.807, 2.05) is 6.07 Å². The van der Waals surface area contributed by atoms with E-state index in [9.17, 15) is 14.4 Å². The maximum Gasteiger partial charge on any atom is 0.361 e. The lowest BCUT2D eigenvalue weighted by atomic mass is 10.1. The van der Waals surface area contributed by atoms with E-state index in [1.54, 1.807) is 24.3 Å². The Balaban J connectivity index is 2.65. The molecule has 1 aromatic carbocycles. The second kappa shape index (κ2) is 7.94. The molecule has 1 atom stereocenters. The van der Waals surface area contributed by atoms with Gasteiger partial charge in [0.2, 0.25) is 0 Å². The number of unbranched alkanes of at least 4 members (excludes halogenated alkanes) is 4. The van der Waals surface area contributed by atoms with Crippen LogP contribution in [0.3, 0.4) is 0 Å². The van der Waals surface area contributed by atoms with Crippen molar-refractivity contribution in [3.05, 3.63) is 35.9 Å². The smallest absolute Gasteiger partial charge is 0.358 e. The van der Waals surface area contributed by atoms with Gasteiger partial charge in [0.05, 0.1) is 0 Å². The Labute approximate surface area is 121 Å². The number of rotatable bonds is 9. The van der Waals surface area contributed by atoms with Crippen LogP contribution in [-0.4, -0.2) is 16.4 Å². The van der Waals surface area contributed by atoms with Crippen molar-refractivity contribution in [2.24, 2.45) is 0 Å². The lowest BCUT2D eigenvalue weighted by Gasteiger charge is -2.31. The standard InChI is InChI=1S/C15H25O4P/c1-3-4-5-6-10-13-19-15(2,20(16,17)18)14-11-8-7-9-12-14/h7-9,11-12H,3-6,10,13H2,1-2H3,(H2,16,17,18). The number of benzene rings is 1. The molecule has 0 spiro atoms. The van der Waals surface area contributed by atoms with Gasteiger partial charge in [-0.1, -0.05) is 62.9 Å². The molecule has 0 fully saturated rings. The quantitative estimate of drug-likeness (QED) is 0.534. The van der Waals surface area contributed by atoms with Crippen LogP contribution in [0.15, 0.2) is 30.3 Å². The van der Waals surface area contributed by atoms with Gasteiger partial charge in [-0.15, -0.1) is 0 Å². The summed E-state index contributed by atoms with van der Waals surface area (Å²) in [4.78, 5) is 19.2. The summed E-state index contributed by atoms with van der Waals surface area (Å²) in [5.74, 6) is 0. The van der Waals surface area contributed by atoms with Crippen molar-refractivity contribution in [1.82, 2.24) is 0 Å². The fourth-order valence-corrected chi connectivity index (χ4v) is 2.80. The first-order valence-corrected chi connectivity index (χ1v) is 8.78. The van der Waals surface area contributed by atoms with Gasteiger partial charge in [-0.25, -0.2) is 0 Å². The Morgan fingerprint density at radius 1 is 1.10 bits per heavy atom. The van der Waals surface area contributed by atoms with Gasteiger partial charge in [-0.2, -0.15) is 0 Å². The topological polar surface area (TPSA) is 66.8 Å². The highest BCUT2D eigenvalue weighted by atomic mass is 31.2. The molecule has 0 aliphatic rings. The van der Waals surface area contributed by atoms with Crippen LogP contribution in [0.4, 0.5) is 0 Å². The monoisotopic (exact) mass is 300 g/mol. The molecule has 1 rings (SSSR count). The molecule has 1 unspecified atom stereocenters. The van der Waals surface area contributed by atoms with Crippen LogP contribution in [0.1, 0.15) is 51.5 Å². The minimum absolute atomic E-state index is 0.361. The molecule has 0 aromatic heterocycles. The zero-order chi connectivity index (χ0) is 15.1. The molecule has 20 heavy (non-hydrogen) atoms. The average Bonchev–Trinajstić information content (AvgIpc) is 2.42. The Hall–Kier alpha value is -0.670. The maximum atomic E-state index is 11.8. The van der Waals surface area contributed by atoms with Crippen LogP contribution in [-0.2, 0) is 14.6 Å². The molecule has 5 heteroatoms. The zero-order valence-corrected chi connectivity index (χ0v) is 13.2. The number of hydrogen-bond acceptors (Lipinski definition) is 2. The van der Waals surface area contributed by atoms with Gasteiger partial charge in [-0.05, 0) is 18.9 Å². The molecule has 4 nitrogen and oxygen atoms in total. The third kappa shape index (κ3) is 4.71. The Morgan fingerprint density at radius 3 is 2.25 bits per heavy atom. The van der Waals surface area contributed by atoms with E-state index in [1.165, 1.54) is 19.8 Å². The van der Waals surface area contributed by atoms with E-state index < -0.39 is 12.9 Å². The molecule has 114 valence electrons. The minimum atomic E-state index is -4.39. The van der Waals surface area contributed by atoms with Gasteiger partial charge >= 0.3 is 7.60 Å². The average molecular weight is 300 g/mol. The van der Waals surface area contributed by atoms with Crippen molar-refractivity contribution >= 4 is 7.60 Å². The van der Waals surface area contributed by atoms with Crippen LogP contribution in [0.25, 0.3) is 0 Å². The molecule has 0 aliphatic carbocycles. The predicted molar refractivity (Wildman–Crippen MR) is 80.5 cm³/mol. The first-order chi connectivity index (χ1) is 9.42. The van der Waals surface area contributed by atoms with Crippen LogP contribution >= 0.6 is 7.60 Å². The fourth-order valence-electron chi connectivity index (χ4n) is 2.06. The highest BCUT2D eigenvalue weighted by molar-refractivity contribution is 7.52. The van der Waals surface area contributed by atoms with Gasteiger partial charge in [0.25, 0.3) is 0 Å². The normalized spacial score (nSPS) is 15.0. The largest absolute Gasteiger partial charge is 0.361 e. The summed E-state index contributed by atoms with van der Waals surface area (Å²) >= 11 is 0. The van der Waals surface area contributed by atoms with E-state index in [0.29, 0.717) is 12.2 Å². The Bertz CT molecular complexity index is 429. The second-order valence-corrected chi connectivity index (χ2v) is 7.10. The third-order valence-corrected chi connectivity index (χ3v) is 5.00. The highest BCUT2D eigenvalue weighted by Gasteiger charge is 2.45. The first-order valence-electron chi connectivity index (χ1n) is 7.17. The van der Waals surface area contributed by atoms with E-state index in [-0.39, 0.29) is 0 Å². The third-order valence-electron chi connectivity index (χ3n) is 3.50. The van der Waals surface area contributed by atoms with E-state index >= 15 is 0 Å². The maximum absolute atomic E-state index is 11.8. The van der Waals surface area contributed by atoms with Crippen molar-refractivity contribution in [2.45, 2.75) is 51.3 Å². The van der Waals surface area contributed by atoms with Crippen molar-refractivity contribution in [1.29, 1.82) is 0 Å². The van der Waals surface area contributed by atoms with Crippen molar-refractivity contribution < 1.29 is 19.1 Å². The summed E-state index contributed by atoms with van der Waals surface area (Å²) in [5.41, 5.74) is 0.516. The Kier molecular flexibility index (Phi) is 6.90. The number of ether oxygens (including phenoxy) is 1. The van der Waals surface area contributed by atoms with E-state index in [2.05, 4.69) is 6.92 Å². The summed E-state index contributed by atoms with van der Waals surface area (Å²) in [6, 6.07) is 8.71. The lowest BCUT2D eigenvalue weighted by Crippen LogP contribution is -2.26. The van der Waals surface area contributed by atoms with Gasteiger partial charge in [0.15, 0.2) is 5.34 Å². The Morgan fingerprint density at radius 2 is 1.70 bits per heavy atom. The summed E-state index contributed by atoms with van der Waals surface area (Å²) in [5, 5.41) is -1.56. The van der Waals surface area contributed by atoms with Crippen LogP contribution < -0.4 is 0 Å². The highest BCUT2D eigenvalue weighted by Crippen LogP contribution is 2.57. The van der Waals surface area contributed by atoms with Crippen molar-refractivity contribution in [3.63, 3.8) is 0 Å².